The third kappa shape index (κ3) is 2.10. The summed E-state index contributed by atoms with van der Waals surface area (Å²) in [6.07, 6.45) is 0. The fourth-order valence-corrected chi connectivity index (χ4v) is 4.68. The lowest BCUT2D eigenvalue weighted by Crippen LogP contribution is -2.50. The molecule has 1 fully saturated rings. The standard InChI is InChI=1S/C18H14ClN3O3S/c1-21-13-8-3-2-7-12(13)18(17(21)23)14(10-5-4-6-11(19)9-10)15(22(24)25)16(26)20-18/h2-9,14-15H,1H3,(H,20,26)/t14-,15-,18-/m1/s1. The third-order valence-corrected chi connectivity index (χ3v) is 5.72. The first-order valence-corrected chi connectivity index (χ1v) is 8.75. The van der Waals surface area contributed by atoms with E-state index < -0.39 is 22.4 Å². The number of hydrogen-bond acceptors (Lipinski definition) is 4. The molecule has 1 N–H and O–H groups in total. The number of fused-ring (bicyclic) bond motifs is 2. The molecule has 1 amide bonds. The average Bonchev–Trinajstić information content (AvgIpc) is 3.04. The Morgan fingerprint density at radius 2 is 2.00 bits per heavy atom. The van der Waals surface area contributed by atoms with Crippen LogP contribution < -0.4 is 10.2 Å². The van der Waals surface area contributed by atoms with Crippen LogP contribution in [0.4, 0.5) is 5.69 Å². The maximum absolute atomic E-state index is 13.3. The highest BCUT2D eigenvalue weighted by molar-refractivity contribution is 7.80. The summed E-state index contributed by atoms with van der Waals surface area (Å²) in [6, 6.07) is 12.9. The minimum Gasteiger partial charge on any atom is -0.356 e. The molecular formula is C18H14ClN3O3S. The van der Waals surface area contributed by atoms with E-state index in [1.807, 2.05) is 24.3 Å². The van der Waals surface area contributed by atoms with E-state index in [4.69, 9.17) is 23.8 Å². The minimum absolute atomic E-state index is 0.0541. The van der Waals surface area contributed by atoms with Crippen LogP contribution in [0, 0.1) is 10.1 Å². The molecule has 2 aliphatic rings. The van der Waals surface area contributed by atoms with Gasteiger partial charge in [0.15, 0.2) is 10.5 Å². The lowest BCUT2D eigenvalue weighted by Gasteiger charge is -2.30. The number of hydrogen-bond donors (Lipinski definition) is 1. The lowest BCUT2D eigenvalue weighted by atomic mass is 9.75. The summed E-state index contributed by atoms with van der Waals surface area (Å²) in [4.78, 5) is 26.3. The highest BCUT2D eigenvalue weighted by Crippen LogP contribution is 2.52. The summed E-state index contributed by atoms with van der Waals surface area (Å²) >= 11 is 11.4. The summed E-state index contributed by atoms with van der Waals surface area (Å²) in [6.45, 7) is 0. The molecule has 2 aromatic rings. The number of nitrogens with zero attached hydrogens (tertiary/aromatic N) is 2. The summed E-state index contributed by atoms with van der Waals surface area (Å²) in [7, 11) is 1.66. The summed E-state index contributed by atoms with van der Waals surface area (Å²) in [5.74, 6) is -1.07. The third-order valence-electron chi connectivity index (χ3n) is 5.14. The molecular weight excluding hydrogens is 374 g/mol. The van der Waals surface area contributed by atoms with Crippen molar-refractivity contribution in [3.05, 3.63) is 74.8 Å². The van der Waals surface area contributed by atoms with E-state index in [9.17, 15) is 14.9 Å². The van der Waals surface area contributed by atoms with Crippen molar-refractivity contribution in [1.29, 1.82) is 0 Å². The van der Waals surface area contributed by atoms with Crippen molar-refractivity contribution in [2.45, 2.75) is 17.5 Å². The monoisotopic (exact) mass is 387 g/mol. The zero-order valence-corrected chi connectivity index (χ0v) is 15.3. The highest BCUT2D eigenvalue weighted by atomic mass is 35.5. The molecule has 0 aliphatic carbocycles. The van der Waals surface area contributed by atoms with Crippen LogP contribution in [0.15, 0.2) is 48.5 Å². The van der Waals surface area contributed by atoms with E-state index in [0.29, 0.717) is 21.8 Å². The van der Waals surface area contributed by atoms with E-state index in [-0.39, 0.29) is 10.9 Å². The quantitative estimate of drug-likeness (QED) is 0.487. The van der Waals surface area contributed by atoms with Gasteiger partial charge in [0.05, 0.1) is 5.92 Å². The van der Waals surface area contributed by atoms with E-state index in [1.54, 1.807) is 31.3 Å². The predicted octanol–water partition coefficient (Wildman–Crippen LogP) is 2.87. The van der Waals surface area contributed by atoms with Crippen molar-refractivity contribution < 1.29 is 9.72 Å². The number of halogens is 1. The molecule has 132 valence electrons. The Kier molecular flexibility index (Phi) is 3.75. The van der Waals surface area contributed by atoms with Crippen molar-refractivity contribution in [3.63, 3.8) is 0 Å². The number of thiocarbonyl (C=S) groups is 1. The van der Waals surface area contributed by atoms with Gasteiger partial charge in [0, 0.05) is 28.2 Å². The fourth-order valence-electron chi connectivity index (χ4n) is 4.09. The number of anilines is 1. The lowest BCUT2D eigenvalue weighted by molar-refractivity contribution is -0.505. The van der Waals surface area contributed by atoms with Crippen LogP contribution in [-0.4, -0.2) is 28.9 Å². The van der Waals surface area contributed by atoms with Crippen molar-refractivity contribution in [2.24, 2.45) is 0 Å². The minimum atomic E-state index is -1.31. The van der Waals surface area contributed by atoms with Gasteiger partial charge in [-0.15, -0.1) is 0 Å². The molecule has 0 saturated carbocycles. The van der Waals surface area contributed by atoms with Crippen LogP contribution in [0.25, 0.3) is 0 Å². The van der Waals surface area contributed by atoms with Gasteiger partial charge in [-0.25, -0.2) is 0 Å². The van der Waals surface area contributed by atoms with Crippen molar-refractivity contribution >= 4 is 40.4 Å². The van der Waals surface area contributed by atoms with Crippen molar-refractivity contribution in [1.82, 2.24) is 5.32 Å². The molecule has 0 unspecified atom stereocenters. The van der Waals surface area contributed by atoms with Gasteiger partial charge in [-0.3, -0.25) is 14.9 Å². The Labute approximate surface area is 159 Å². The maximum Gasteiger partial charge on any atom is 0.272 e. The zero-order chi connectivity index (χ0) is 18.6. The number of nitro groups is 1. The van der Waals surface area contributed by atoms with Gasteiger partial charge < -0.3 is 10.2 Å². The molecule has 26 heavy (non-hydrogen) atoms. The molecule has 1 saturated heterocycles. The number of para-hydroxylation sites is 1. The van der Waals surface area contributed by atoms with Crippen molar-refractivity contribution in [2.75, 3.05) is 11.9 Å². The Balaban J connectivity index is 2.02. The second-order valence-electron chi connectivity index (χ2n) is 6.44. The van der Waals surface area contributed by atoms with Gasteiger partial charge in [-0.1, -0.05) is 54.2 Å². The zero-order valence-electron chi connectivity index (χ0n) is 13.7. The second-order valence-corrected chi connectivity index (χ2v) is 7.32. The highest BCUT2D eigenvalue weighted by Gasteiger charge is 2.66. The topological polar surface area (TPSA) is 75.5 Å². The molecule has 0 radical (unpaired) electrons. The summed E-state index contributed by atoms with van der Waals surface area (Å²) < 4.78 is 0. The van der Waals surface area contributed by atoms with Gasteiger partial charge in [0.1, 0.15) is 0 Å². The number of nitrogens with one attached hydrogen (secondary N) is 1. The van der Waals surface area contributed by atoms with Crippen LogP contribution in [0.1, 0.15) is 17.0 Å². The molecule has 3 atom stereocenters. The molecule has 2 aliphatic heterocycles. The maximum atomic E-state index is 13.3. The summed E-state index contributed by atoms with van der Waals surface area (Å²) in [5.41, 5.74) is 0.684. The first-order chi connectivity index (χ1) is 12.4. The molecule has 8 heteroatoms. The number of benzene rings is 2. The molecule has 2 aromatic carbocycles. The first kappa shape index (κ1) is 16.9. The molecule has 0 bridgehead atoms. The SMILES string of the molecule is CN1C(=O)[C@@]2(NC(=S)[C@H]([N+](=O)[O-])[C@H]2c2cccc(Cl)c2)c2ccccc21. The van der Waals surface area contributed by atoms with Crippen LogP contribution in [0.5, 0.6) is 0 Å². The predicted molar refractivity (Wildman–Crippen MR) is 102 cm³/mol. The second kappa shape index (κ2) is 5.75. The van der Waals surface area contributed by atoms with Gasteiger partial charge in [-0.2, -0.15) is 0 Å². The average molecular weight is 388 g/mol. The van der Waals surface area contributed by atoms with Crippen molar-refractivity contribution in [3.8, 4) is 0 Å². The molecule has 1 spiro atoms. The van der Waals surface area contributed by atoms with E-state index >= 15 is 0 Å². The van der Waals surface area contributed by atoms with E-state index in [0.717, 1.165) is 0 Å². The number of amides is 1. The molecule has 4 rings (SSSR count). The van der Waals surface area contributed by atoms with Gasteiger partial charge in [-0.05, 0) is 23.8 Å². The van der Waals surface area contributed by atoms with Crippen LogP contribution >= 0.6 is 23.8 Å². The number of carbonyl (C=O) groups excluding carboxylic acids is 1. The van der Waals surface area contributed by atoms with Gasteiger partial charge in [0.2, 0.25) is 0 Å². The van der Waals surface area contributed by atoms with Crippen LogP contribution in [0.2, 0.25) is 5.02 Å². The van der Waals surface area contributed by atoms with E-state index in [2.05, 4.69) is 5.32 Å². The van der Waals surface area contributed by atoms with Gasteiger partial charge in [0.25, 0.3) is 11.9 Å². The normalized spacial score (nSPS) is 26.9. The number of carbonyl (C=O) groups is 1. The smallest absolute Gasteiger partial charge is 0.272 e. The molecule has 2 heterocycles. The first-order valence-electron chi connectivity index (χ1n) is 7.96. The van der Waals surface area contributed by atoms with E-state index in [1.165, 1.54) is 4.90 Å². The van der Waals surface area contributed by atoms with Crippen LogP contribution in [0.3, 0.4) is 0 Å². The Morgan fingerprint density at radius 3 is 2.69 bits per heavy atom. The van der Waals surface area contributed by atoms with Gasteiger partial charge >= 0.3 is 0 Å². The molecule has 0 aromatic heterocycles. The Bertz CT molecular complexity index is 966. The number of likely N-dealkylation sites (N-methyl/N-ethyl adjacent to an activating group) is 1. The van der Waals surface area contributed by atoms with Crippen LogP contribution in [-0.2, 0) is 10.3 Å². The fraction of sp³-hybridized carbons (Fsp3) is 0.222. The molecule has 6 nitrogen and oxygen atoms in total. The largest absolute Gasteiger partial charge is 0.356 e. The number of rotatable bonds is 2. The Hall–Kier alpha value is -2.51. The Morgan fingerprint density at radius 1 is 1.27 bits per heavy atom. The summed E-state index contributed by atoms with van der Waals surface area (Å²) in [5, 5.41) is 15.3.